The molecule has 0 amide bonds. The molecule has 0 saturated heterocycles. The lowest BCUT2D eigenvalue weighted by molar-refractivity contribution is 0.296. The number of hydrogen-bond donors (Lipinski definition) is 1. The fraction of sp³-hybridized carbons (Fsp3) is 0.158. The summed E-state index contributed by atoms with van der Waals surface area (Å²) < 4.78 is 32.9. The van der Waals surface area contributed by atoms with Crippen molar-refractivity contribution in [3.05, 3.63) is 53.5 Å². The van der Waals surface area contributed by atoms with Crippen LogP contribution in [-0.4, -0.2) is 44.4 Å². The minimum atomic E-state index is -3.86. The van der Waals surface area contributed by atoms with Gasteiger partial charge in [0.2, 0.25) is 5.95 Å². The molecule has 1 aromatic carbocycles. The van der Waals surface area contributed by atoms with E-state index >= 15 is 0 Å². The lowest BCUT2D eigenvalue weighted by atomic mass is 10.2. The molecule has 0 spiro atoms. The molecule has 0 bridgehead atoms. The van der Waals surface area contributed by atoms with Crippen molar-refractivity contribution in [2.24, 2.45) is 0 Å². The summed E-state index contributed by atoms with van der Waals surface area (Å²) in [5.74, 6) is 0.712. The minimum Gasteiger partial charge on any atom is -0.368 e. The second-order valence-corrected chi connectivity index (χ2v) is 9.38. The Morgan fingerprint density at radius 2 is 1.94 bits per heavy atom. The minimum absolute atomic E-state index is 0.104. The number of nitrogens with zero attached hydrogens (tertiary/aromatic N) is 6. The molecule has 4 heterocycles. The lowest BCUT2D eigenvalue weighted by Crippen LogP contribution is -2.13. The van der Waals surface area contributed by atoms with Crippen molar-refractivity contribution in [3.8, 4) is 10.7 Å². The molecule has 5 rings (SSSR count). The number of rotatable bonds is 6. The quantitative estimate of drug-likeness (QED) is 0.387. The maximum Gasteiger partial charge on any atom is 0.297 e. The van der Waals surface area contributed by atoms with Gasteiger partial charge in [-0.15, -0.1) is 16.4 Å². The van der Waals surface area contributed by atoms with Gasteiger partial charge in [0.1, 0.15) is 0 Å². The highest BCUT2D eigenvalue weighted by Crippen LogP contribution is 2.25. The highest BCUT2D eigenvalue weighted by molar-refractivity contribution is 7.86. The second kappa shape index (κ2) is 7.41. The van der Waals surface area contributed by atoms with Crippen molar-refractivity contribution in [3.63, 3.8) is 0 Å². The van der Waals surface area contributed by atoms with Crippen molar-refractivity contribution in [1.82, 2.24) is 29.4 Å². The normalized spacial score (nSPS) is 12.2. The largest absolute Gasteiger partial charge is 0.368 e. The third kappa shape index (κ3) is 3.54. The Morgan fingerprint density at radius 3 is 2.68 bits per heavy atom. The SMILES string of the molecule is Cc1ccc(S(=O)(=O)OCCn2ncc3c2nc(N)n2nc(-c4cccs4)nc32)cc1. The first-order valence-corrected chi connectivity index (χ1v) is 11.6. The van der Waals surface area contributed by atoms with E-state index in [-0.39, 0.29) is 24.0 Å². The zero-order chi connectivity index (χ0) is 21.6. The fourth-order valence-electron chi connectivity index (χ4n) is 3.14. The van der Waals surface area contributed by atoms with Crippen LogP contribution in [-0.2, 0) is 20.8 Å². The summed E-state index contributed by atoms with van der Waals surface area (Å²) in [5.41, 5.74) is 8.06. The molecule has 31 heavy (non-hydrogen) atoms. The maximum absolute atomic E-state index is 12.4. The van der Waals surface area contributed by atoms with Crippen LogP contribution in [0.15, 0.2) is 52.9 Å². The van der Waals surface area contributed by atoms with E-state index in [0.717, 1.165) is 10.4 Å². The van der Waals surface area contributed by atoms with Crippen LogP contribution in [0.25, 0.3) is 27.4 Å². The molecule has 0 fully saturated rings. The molecule has 0 aliphatic rings. The molecule has 0 saturated carbocycles. The predicted octanol–water partition coefficient (Wildman–Crippen LogP) is 2.50. The monoisotopic (exact) mass is 455 g/mol. The van der Waals surface area contributed by atoms with Crippen molar-refractivity contribution in [2.45, 2.75) is 18.4 Å². The first kappa shape index (κ1) is 19.6. The Morgan fingerprint density at radius 1 is 1.13 bits per heavy atom. The van der Waals surface area contributed by atoms with E-state index in [4.69, 9.17) is 9.92 Å². The number of thiophene rings is 1. The van der Waals surface area contributed by atoms with Crippen LogP contribution in [0.3, 0.4) is 0 Å². The second-order valence-electron chi connectivity index (χ2n) is 6.81. The number of nitrogen functional groups attached to an aromatic ring is 1. The van der Waals surface area contributed by atoms with Crippen LogP contribution in [0.2, 0.25) is 0 Å². The predicted molar refractivity (Wildman–Crippen MR) is 116 cm³/mol. The van der Waals surface area contributed by atoms with Crippen molar-refractivity contribution >= 4 is 44.1 Å². The van der Waals surface area contributed by atoms with Gasteiger partial charge in [-0.2, -0.15) is 23.0 Å². The molecule has 12 heteroatoms. The first-order valence-electron chi connectivity index (χ1n) is 9.30. The van der Waals surface area contributed by atoms with Gasteiger partial charge in [0.25, 0.3) is 10.1 Å². The molecule has 4 aromatic heterocycles. The first-order chi connectivity index (χ1) is 14.9. The van der Waals surface area contributed by atoms with Gasteiger partial charge in [-0.25, -0.2) is 9.67 Å². The van der Waals surface area contributed by atoms with Crippen LogP contribution in [0.4, 0.5) is 5.95 Å². The van der Waals surface area contributed by atoms with Gasteiger partial charge in [0.15, 0.2) is 17.1 Å². The van der Waals surface area contributed by atoms with E-state index in [0.29, 0.717) is 22.5 Å². The molecule has 0 radical (unpaired) electrons. The van der Waals surface area contributed by atoms with Crippen LogP contribution >= 0.6 is 11.3 Å². The summed E-state index contributed by atoms with van der Waals surface area (Å²) in [4.78, 5) is 9.99. The molecule has 10 nitrogen and oxygen atoms in total. The van der Waals surface area contributed by atoms with Gasteiger partial charge in [-0.3, -0.25) is 4.18 Å². The lowest BCUT2D eigenvalue weighted by Gasteiger charge is -2.07. The Kier molecular flexibility index (Phi) is 4.68. The molecule has 5 aromatic rings. The summed E-state index contributed by atoms with van der Waals surface area (Å²) >= 11 is 1.53. The van der Waals surface area contributed by atoms with Crippen molar-refractivity contribution in [2.75, 3.05) is 12.3 Å². The van der Waals surface area contributed by atoms with Crippen molar-refractivity contribution < 1.29 is 12.6 Å². The van der Waals surface area contributed by atoms with Gasteiger partial charge in [-0.1, -0.05) is 23.8 Å². The number of aryl methyl sites for hydroxylation is 1. The number of benzene rings is 1. The van der Waals surface area contributed by atoms with Gasteiger partial charge >= 0.3 is 0 Å². The van der Waals surface area contributed by atoms with E-state index in [9.17, 15) is 8.42 Å². The van der Waals surface area contributed by atoms with E-state index in [1.54, 1.807) is 18.3 Å². The van der Waals surface area contributed by atoms with E-state index < -0.39 is 10.1 Å². The van der Waals surface area contributed by atoms with Crippen LogP contribution in [0.1, 0.15) is 5.56 Å². The Hall–Kier alpha value is -3.35. The van der Waals surface area contributed by atoms with Crippen LogP contribution < -0.4 is 5.73 Å². The molecule has 0 unspecified atom stereocenters. The highest BCUT2D eigenvalue weighted by atomic mass is 32.2. The summed E-state index contributed by atoms with van der Waals surface area (Å²) in [5, 5.41) is 11.3. The number of hydrogen-bond acceptors (Lipinski definition) is 9. The highest BCUT2D eigenvalue weighted by Gasteiger charge is 2.18. The third-order valence-corrected chi connectivity index (χ3v) is 6.88. The summed E-state index contributed by atoms with van der Waals surface area (Å²) in [6.07, 6.45) is 1.61. The van der Waals surface area contributed by atoms with E-state index in [1.165, 1.54) is 32.7 Å². The zero-order valence-electron chi connectivity index (χ0n) is 16.3. The van der Waals surface area contributed by atoms with E-state index in [2.05, 4.69) is 20.2 Å². The summed E-state index contributed by atoms with van der Waals surface area (Å²) in [6.45, 7) is 1.95. The summed E-state index contributed by atoms with van der Waals surface area (Å²) in [6, 6.07) is 10.3. The zero-order valence-corrected chi connectivity index (χ0v) is 18.0. The molecule has 0 aliphatic carbocycles. The number of aromatic nitrogens is 6. The standard InChI is InChI=1S/C19H17N7O3S2/c1-12-4-6-13(7-5-12)31(27,28)29-9-8-25-17-14(11-21-25)18-22-16(15-3-2-10-30-15)24-26(18)19(20)23-17/h2-7,10-11H,8-9H2,1H3,(H2,20,23). The Balaban J connectivity index is 1.41. The maximum atomic E-state index is 12.4. The topological polar surface area (TPSA) is 130 Å². The number of fused-ring (bicyclic) bond motifs is 3. The average molecular weight is 456 g/mol. The number of anilines is 1. The number of nitrogens with two attached hydrogens (primary N) is 1. The smallest absolute Gasteiger partial charge is 0.297 e. The summed E-state index contributed by atoms with van der Waals surface area (Å²) in [7, 11) is -3.86. The molecule has 0 atom stereocenters. The van der Waals surface area contributed by atoms with Gasteiger partial charge in [0.05, 0.1) is 34.5 Å². The van der Waals surface area contributed by atoms with Crippen LogP contribution in [0.5, 0.6) is 0 Å². The van der Waals surface area contributed by atoms with Crippen molar-refractivity contribution in [1.29, 1.82) is 0 Å². The van der Waals surface area contributed by atoms with Gasteiger partial charge < -0.3 is 5.73 Å². The van der Waals surface area contributed by atoms with Gasteiger partial charge in [-0.05, 0) is 30.5 Å². The Labute approximate surface area is 181 Å². The van der Waals surface area contributed by atoms with Gasteiger partial charge in [0, 0.05) is 0 Å². The fourth-order valence-corrected chi connectivity index (χ4v) is 4.69. The molecular weight excluding hydrogens is 438 g/mol. The Bertz CT molecular complexity index is 1490. The molecule has 158 valence electrons. The van der Waals surface area contributed by atoms with Crippen LogP contribution in [0, 0.1) is 6.92 Å². The molecule has 0 aliphatic heterocycles. The molecular formula is C19H17N7O3S2. The van der Waals surface area contributed by atoms with E-state index in [1.807, 2.05) is 24.4 Å². The average Bonchev–Trinajstić information content (AvgIpc) is 3.48. The molecule has 2 N–H and O–H groups in total. The third-order valence-electron chi connectivity index (χ3n) is 4.69.